The van der Waals surface area contributed by atoms with Crippen molar-refractivity contribution < 1.29 is 9.59 Å². The van der Waals surface area contributed by atoms with E-state index >= 15 is 0 Å². The van der Waals surface area contributed by atoms with E-state index in [2.05, 4.69) is 11.9 Å². The number of hydrogen-bond acceptors (Lipinski definition) is 2. The molecule has 0 saturated heterocycles. The van der Waals surface area contributed by atoms with Crippen molar-refractivity contribution in [2.24, 2.45) is 5.92 Å². The number of rotatable bonds is 6. The maximum Gasteiger partial charge on any atom is 0.233 e. The molecule has 0 aliphatic carbocycles. The molecule has 1 N–H and O–H groups in total. The van der Waals surface area contributed by atoms with Crippen LogP contribution in [0.3, 0.4) is 0 Å². The molecule has 0 rings (SSSR count). The van der Waals surface area contributed by atoms with Crippen molar-refractivity contribution in [2.45, 2.75) is 33.6 Å². The van der Waals surface area contributed by atoms with E-state index in [1.165, 1.54) is 0 Å². The molecular formula is C14H21NO2. The van der Waals surface area contributed by atoms with Gasteiger partial charge in [0.15, 0.2) is 0 Å². The zero-order chi connectivity index (χ0) is 13.3. The van der Waals surface area contributed by atoms with Crippen molar-refractivity contribution in [2.75, 3.05) is 0 Å². The summed E-state index contributed by atoms with van der Waals surface area (Å²) in [6, 6.07) is 0. The molecule has 0 spiro atoms. The molecule has 1 unspecified atom stereocenters. The summed E-state index contributed by atoms with van der Waals surface area (Å²) in [6.07, 6.45) is 8.28. The van der Waals surface area contributed by atoms with Gasteiger partial charge in [-0.1, -0.05) is 37.8 Å². The maximum atomic E-state index is 11.7. The summed E-state index contributed by atoms with van der Waals surface area (Å²) < 4.78 is 0. The Kier molecular flexibility index (Phi) is 7.68. The van der Waals surface area contributed by atoms with Gasteiger partial charge >= 0.3 is 0 Å². The average molecular weight is 235 g/mol. The van der Waals surface area contributed by atoms with Crippen LogP contribution in [0.25, 0.3) is 0 Å². The lowest BCUT2D eigenvalue weighted by Crippen LogP contribution is -2.34. The number of allylic oxidation sites excluding steroid dienone is 4. The van der Waals surface area contributed by atoms with E-state index in [1.54, 1.807) is 13.0 Å². The average Bonchev–Trinajstić information content (AvgIpc) is 2.29. The van der Waals surface area contributed by atoms with Crippen LogP contribution in [0, 0.1) is 5.92 Å². The van der Waals surface area contributed by atoms with Gasteiger partial charge in [-0.25, -0.2) is 0 Å². The van der Waals surface area contributed by atoms with Gasteiger partial charge in [0.2, 0.25) is 11.8 Å². The van der Waals surface area contributed by atoms with E-state index in [1.807, 2.05) is 32.1 Å². The van der Waals surface area contributed by atoms with Gasteiger partial charge in [0.25, 0.3) is 0 Å². The third kappa shape index (κ3) is 5.85. The van der Waals surface area contributed by atoms with Crippen LogP contribution >= 0.6 is 0 Å². The Labute approximate surface area is 103 Å². The Morgan fingerprint density at radius 1 is 1.41 bits per heavy atom. The highest BCUT2D eigenvalue weighted by molar-refractivity contribution is 5.97. The van der Waals surface area contributed by atoms with Crippen molar-refractivity contribution in [1.29, 1.82) is 0 Å². The summed E-state index contributed by atoms with van der Waals surface area (Å²) in [6.45, 7) is 9.21. The molecular weight excluding hydrogens is 214 g/mol. The van der Waals surface area contributed by atoms with Gasteiger partial charge in [0, 0.05) is 6.42 Å². The fourth-order valence-electron chi connectivity index (χ4n) is 1.28. The molecule has 0 aromatic heterocycles. The highest BCUT2D eigenvalue weighted by Crippen LogP contribution is 2.12. The van der Waals surface area contributed by atoms with Crippen LogP contribution in [0.2, 0.25) is 0 Å². The summed E-state index contributed by atoms with van der Waals surface area (Å²) in [4.78, 5) is 23.0. The van der Waals surface area contributed by atoms with E-state index in [4.69, 9.17) is 0 Å². The number of amides is 2. The Morgan fingerprint density at radius 3 is 2.53 bits per heavy atom. The summed E-state index contributed by atoms with van der Waals surface area (Å²) in [7, 11) is 0. The lowest BCUT2D eigenvalue weighted by molar-refractivity contribution is -0.131. The molecule has 0 aromatic rings. The molecule has 2 amide bonds. The van der Waals surface area contributed by atoms with Crippen molar-refractivity contribution in [3.63, 3.8) is 0 Å². The van der Waals surface area contributed by atoms with Crippen LogP contribution in [-0.4, -0.2) is 11.8 Å². The quantitative estimate of drug-likeness (QED) is 0.719. The molecule has 0 fully saturated rings. The molecule has 1 atom stereocenters. The van der Waals surface area contributed by atoms with Crippen LogP contribution in [0.15, 0.2) is 36.5 Å². The smallest absolute Gasteiger partial charge is 0.233 e. The molecule has 0 heterocycles. The van der Waals surface area contributed by atoms with E-state index in [9.17, 15) is 9.59 Å². The molecule has 94 valence electrons. The first-order chi connectivity index (χ1) is 8.06. The first-order valence-corrected chi connectivity index (χ1v) is 5.85. The number of nitrogens with one attached hydrogen (secondary N) is 1. The molecule has 17 heavy (non-hydrogen) atoms. The van der Waals surface area contributed by atoms with E-state index in [-0.39, 0.29) is 17.7 Å². The summed E-state index contributed by atoms with van der Waals surface area (Å²) >= 11 is 0. The number of carbonyl (C=O) groups excluding carboxylic acids is 2. The summed E-state index contributed by atoms with van der Waals surface area (Å²) in [5, 5.41) is 2.38. The minimum Gasteiger partial charge on any atom is -0.296 e. The molecule has 0 radical (unpaired) electrons. The molecule has 0 aliphatic rings. The standard InChI is InChI=1S/C14H21NO2/c1-5-8-10-12(7-3)11(4)14(17)15-13(16)9-6-2/h5,7-8,10-11H,3,6,9H2,1-2,4H3,(H,15,16,17)/b8-5-,12-10+. The Bertz CT molecular complexity index is 340. The fraction of sp³-hybridized carbons (Fsp3) is 0.429. The normalized spacial score (nSPS) is 13.5. The van der Waals surface area contributed by atoms with Crippen LogP contribution in [0.4, 0.5) is 0 Å². The van der Waals surface area contributed by atoms with E-state index in [0.29, 0.717) is 6.42 Å². The van der Waals surface area contributed by atoms with Crippen molar-refractivity contribution >= 4 is 11.8 Å². The lowest BCUT2D eigenvalue weighted by atomic mass is 9.99. The second-order valence-corrected chi connectivity index (χ2v) is 3.78. The largest absolute Gasteiger partial charge is 0.296 e. The predicted molar refractivity (Wildman–Crippen MR) is 70.3 cm³/mol. The topological polar surface area (TPSA) is 46.2 Å². The monoisotopic (exact) mass is 235 g/mol. The maximum absolute atomic E-state index is 11.7. The van der Waals surface area contributed by atoms with Gasteiger partial charge in [-0.2, -0.15) is 0 Å². The first kappa shape index (κ1) is 15.4. The highest BCUT2D eigenvalue weighted by atomic mass is 16.2. The van der Waals surface area contributed by atoms with Gasteiger partial charge in [-0.3, -0.25) is 14.9 Å². The molecule has 0 bridgehead atoms. The molecule has 0 aliphatic heterocycles. The molecule has 3 nitrogen and oxygen atoms in total. The van der Waals surface area contributed by atoms with Crippen molar-refractivity contribution in [1.82, 2.24) is 5.32 Å². The Hall–Kier alpha value is -1.64. The highest BCUT2D eigenvalue weighted by Gasteiger charge is 2.17. The van der Waals surface area contributed by atoms with Crippen LogP contribution < -0.4 is 5.32 Å². The SMILES string of the molecule is C=C/C(=C\C=C/C)C(C)C(=O)NC(=O)CCC. The van der Waals surface area contributed by atoms with Crippen molar-refractivity contribution in [3.8, 4) is 0 Å². The molecule has 0 aromatic carbocycles. The molecule has 3 heteroatoms. The fourth-order valence-corrected chi connectivity index (χ4v) is 1.28. The van der Waals surface area contributed by atoms with Gasteiger partial charge < -0.3 is 0 Å². The summed E-state index contributed by atoms with van der Waals surface area (Å²) in [5.74, 6) is -0.873. The predicted octanol–water partition coefficient (Wildman–Crippen LogP) is 2.75. The van der Waals surface area contributed by atoms with Gasteiger partial charge in [0.05, 0.1) is 5.92 Å². The second kappa shape index (κ2) is 8.50. The minimum absolute atomic E-state index is 0.223. The lowest BCUT2D eigenvalue weighted by Gasteiger charge is -2.11. The van der Waals surface area contributed by atoms with Gasteiger partial charge in [-0.15, -0.1) is 0 Å². The number of imide groups is 1. The van der Waals surface area contributed by atoms with Gasteiger partial charge in [-0.05, 0) is 25.8 Å². The van der Waals surface area contributed by atoms with Crippen LogP contribution in [0.1, 0.15) is 33.6 Å². The minimum atomic E-state index is -0.371. The zero-order valence-electron chi connectivity index (χ0n) is 10.8. The summed E-state index contributed by atoms with van der Waals surface area (Å²) in [5.41, 5.74) is 0.796. The van der Waals surface area contributed by atoms with Crippen molar-refractivity contribution in [3.05, 3.63) is 36.5 Å². The van der Waals surface area contributed by atoms with Crippen LogP contribution in [0.5, 0.6) is 0 Å². The Balaban J connectivity index is 4.57. The third-order valence-electron chi connectivity index (χ3n) is 2.35. The zero-order valence-corrected chi connectivity index (χ0v) is 10.8. The van der Waals surface area contributed by atoms with Crippen LogP contribution in [-0.2, 0) is 9.59 Å². The number of hydrogen-bond donors (Lipinski definition) is 1. The van der Waals surface area contributed by atoms with E-state index in [0.717, 1.165) is 12.0 Å². The number of carbonyl (C=O) groups is 2. The first-order valence-electron chi connectivity index (χ1n) is 5.85. The molecule has 0 saturated carbocycles. The second-order valence-electron chi connectivity index (χ2n) is 3.78. The third-order valence-corrected chi connectivity index (χ3v) is 2.35. The van der Waals surface area contributed by atoms with E-state index < -0.39 is 0 Å². The Morgan fingerprint density at radius 2 is 2.06 bits per heavy atom. The van der Waals surface area contributed by atoms with Gasteiger partial charge in [0.1, 0.15) is 0 Å².